The van der Waals surface area contributed by atoms with Crippen LogP contribution in [0.4, 0.5) is 0 Å². The van der Waals surface area contributed by atoms with Gasteiger partial charge in [0.1, 0.15) is 0 Å². The van der Waals surface area contributed by atoms with E-state index < -0.39 is 14.5 Å². The van der Waals surface area contributed by atoms with Crippen molar-refractivity contribution < 1.29 is 21.3 Å². The van der Waals surface area contributed by atoms with E-state index in [0.29, 0.717) is 0 Å². The van der Waals surface area contributed by atoms with E-state index in [1.165, 1.54) is 0 Å². The van der Waals surface area contributed by atoms with Crippen LogP contribution >= 0.6 is 0 Å². The average molecular weight is 187 g/mol. The van der Waals surface area contributed by atoms with E-state index in [9.17, 15) is 0 Å². The van der Waals surface area contributed by atoms with E-state index in [-0.39, 0.29) is 0 Å². The molecule has 0 aromatic rings. The Bertz CT molecular complexity index is 69.8. The zero-order chi connectivity index (χ0) is 7.21. The monoisotopic (exact) mass is 187 g/mol. The average Bonchev–Trinajstić information content (AvgIpc) is 1.27. The van der Waals surface area contributed by atoms with Crippen molar-refractivity contribution in [1.29, 1.82) is 0 Å². The molecule has 0 aliphatic carbocycles. The summed E-state index contributed by atoms with van der Waals surface area (Å²) in [5.74, 6) is 0. The molecular weight excluding hydrogens is 177 g/mol. The molecule has 5 nitrogen and oxygen atoms in total. The van der Waals surface area contributed by atoms with Crippen LogP contribution in [-0.2, 0) is 3.74 Å². The normalized spacial score (nSPS) is 9.62. The molecule has 6 heteroatoms. The quantitative estimate of drug-likeness (QED) is 0.337. The molecule has 8 heavy (non-hydrogen) atoms. The number of quaternary nitrogens is 1. The van der Waals surface area contributed by atoms with Gasteiger partial charge in [-0.15, -0.1) is 0 Å². The van der Waals surface area contributed by atoms with Crippen molar-refractivity contribution in [1.82, 2.24) is 0 Å². The molecule has 0 amide bonds. The van der Waals surface area contributed by atoms with E-state index in [4.69, 9.17) is 16.0 Å². The predicted octanol–water partition coefficient (Wildman–Crippen LogP) is -3.99. The van der Waals surface area contributed by atoms with E-state index in [2.05, 4.69) is 0 Å². The van der Waals surface area contributed by atoms with Crippen LogP contribution in [0.2, 0.25) is 0 Å². The summed E-state index contributed by atoms with van der Waals surface area (Å²) in [6.45, 7) is 0. The van der Waals surface area contributed by atoms with Crippen molar-refractivity contribution in [3.05, 3.63) is 0 Å². The topological polar surface area (TPSA) is 97.2 Å². The van der Waals surface area contributed by atoms with Crippen LogP contribution < -0.4 is 9.41 Å². The molecule has 0 atom stereocenters. The van der Waals surface area contributed by atoms with Crippen molar-refractivity contribution in [2.45, 2.75) is 0 Å². The van der Waals surface area contributed by atoms with E-state index in [1.807, 2.05) is 19.4 Å². The molecule has 52 valence electrons. The molecule has 0 spiro atoms. The van der Waals surface area contributed by atoms with Gasteiger partial charge in [0.25, 0.3) is 0 Å². The Morgan fingerprint density at radius 2 is 1.50 bits per heavy atom. The molecule has 0 saturated heterocycles. The van der Waals surface area contributed by atoms with Crippen LogP contribution in [0.3, 0.4) is 0 Å². The molecule has 0 aromatic heterocycles. The Hall–Kier alpha value is 0.198. The van der Waals surface area contributed by atoms with Crippen LogP contribution in [-0.4, -0.2) is 36.8 Å². The van der Waals surface area contributed by atoms with Gasteiger partial charge in [-0.2, -0.15) is 0 Å². The standard InChI is InChI=1S/C2H7N.AsH3O4/c1-3-2;2-1(3,4)5/h3H,1-2H3;(H3,2,3,4,5). The van der Waals surface area contributed by atoms with Gasteiger partial charge in [0.2, 0.25) is 0 Å². The Labute approximate surface area is 50.7 Å². The third-order valence-electron chi connectivity index (χ3n) is 0. The van der Waals surface area contributed by atoms with Crippen molar-refractivity contribution in [2.24, 2.45) is 0 Å². The van der Waals surface area contributed by atoms with Crippen molar-refractivity contribution >= 4 is 14.5 Å². The third kappa shape index (κ3) is 4250. The first-order valence-corrected chi connectivity index (χ1v) is 5.13. The minimum absolute atomic E-state index is 2.00. The summed E-state index contributed by atoms with van der Waals surface area (Å²) in [6.07, 6.45) is 0. The second kappa shape index (κ2) is 5.34. The molecule has 0 aliphatic rings. The van der Waals surface area contributed by atoms with Gasteiger partial charge in [0.15, 0.2) is 0 Å². The molecule has 0 aliphatic heterocycles. The number of nitrogens with two attached hydrogens (primary N) is 1. The Balaban J connectivity index is 0. The fourth-order valence-electron chi connectivity index (χ4n) is 0. The van der Waals surface area contributed by atoms with E-state index in [0.717, 1.165) is 0 Å². The zero-order valence-corrected chi connectivity index (χ0v) is 6.61. The predicted molar refractivity (Wildman–Crippen MR) is 24.7 cm³/mol. The van der Waals surface area contributed by atoms with E-state index >= 15 is 0 Å². The van der Waals surface area contributed by atoms with Gasteiger partial charge in [-0.1, -0.05) is 0 Å². The molecule has 0 unspecified atom stereocenters. The van der Waals surface area contributed by atoms with Gasteiger partial charge in [-0.05, 0) is 0 Å². The van der Waals surface area contributed by atoms with Crippen LogP contribution in [0, 0.1) is 0 Å². The number of rotatable bonds is 0. The van der Waals surface area contributed by atoms with Crippen molar-refractivity contribution in [2.75, 3.05) is 14.1 Å². The maximum absolute atomic E-state index is 8.83. The van der Waals surface area contributed by atoms with Gasteiger partial charge in [0, 0.05) is 0 Å². The summed E-state index contributed by atoms with van der Waals surface area (Å²) >= 11 is -5.38. The molecule has 0 aromatic carbocycles. The zero-order valence-electron chi connectivity index (χ0n) is 4.74. The van der Waals surface area contributed by atoms with Gasteiger partial charge in [-0.3, -0.25) is 0 Å². The second-order valence-corrected chi connectivity index (χ2v) is 3.13. The van der Waals surface area contributed by atoms with Crippen LogP contribution in [0.5, 0.6) is 0 Å². The van der Waals surface area contributed by atoms with Crippen LogP contribution in [0.25, 0.3) is 0 Å². The fourth-order valence-corrected chi connectivity index (χ4v) is 0. The molecule has 0 saturated carbocycles. The first-order valence-electron chi connectivity index (χ1n) is 1.92. The SMILES string of the molecule is C[NH2+]C.O=[As]([O-])(O)O. The molecule has 0 bridgehead atoms. The second-order valence-electron chi connectivity index (χ2n) is 1.07. The summed E-state index contributed by atoms with van der Waals surface area (Å²) in [5.41, 5.74) is 0. The molecule has 0 rings (SSSR count). The van der Waals surface area contributed by atoms with E-state index in [1.54, 1.807) is 0 Å². The summed E-state index contributed by atoms with van der Waals surface area (Å²) in [5, 5.41) is 2.00. The van der Waals surface area contributed by atoms with Crippen LogP contribution in [0.1, 0.15) is 0 Å². The Morgan fingerprint density at radius 3 is 1.50 bits per heavy atom. The Kier molecular flexibility index (Phi) is 7.38. The van der Waals surface area contributed by atoms with Crippen LogP contribution in [0.15, 0.2) is 0 Å². The van der Waals surface area contributed by atoms with Gasteiger partial charge >= 0.3 is 30.5 Å². The van der Waals surface area contributed by atoms with Gasteiger partial charge in [0.05, 0.1) is 14.1 Å². The first-order chi connectivity index (χ1) is 3.41. The van der Waals surface area contributed by atoms with Crippen molar-refractivity contribution in [3.63, 3.8) is 0 Å². The van der Waals surface area contributed by atoms with Gasteiger partial charge < -0.3 is 5.32 Å². The number of hydrogen-bond donors (Lipinski definition) is 3. The van der Waals surface area contributed by atoms with Crippen molar-refractivity contribution in [3.8, 4) is 0 Å². The summed E-state index contributed by atoms with van der Waals surface area (Å²) in [4.78, 5) is 0. The third-order valence-corrected chi connectivity index (χ3v) is 0. The fraction of sp³-hybridized carbons (Fsp3) is 1.00. The summed E-state index contributed by atoms with van der Waals surface area (Å²) in [7, 11) is 4.00. The molecule has 0 fully saturated rings. The summed E-state index contributed by atoms with van der Waals surface area (Å²) < 4.78 is 31.9. The molecule has 4 N–H and O–H groups in total. The summed E-state index contributed by atoms with van der Waals surface area (Å²) in [6, 6.07) is 0. The molecule has 0 heterocycles. The maximum atomic E-state index is 8.83. The van der Waals surface area contributed by atoms with Gasteiger partial charge in [-0.25, -0.2) is 0 Å². The molecule has 0 radical (unpaired) electrons. The Morgan fingerprint density at radius 1 is 1.50 bits per heavy atom. The number of hydrogen-bond acceptors (Lipinski definition) is 2. The molecular formula is C2H10AsNO4. The minimum atomic E-state index is -5.38. The first kappa shape index (κ1) is 11.1.